The lowest BCUT2D eigenvalue weighted by Crippen LogP contribution is -2.45. The van der Waals surface area contributed by atoms with E-state index in [2.05, 4.69) is 17.0 Å². The third kappa shape index (κ3) is 4.31. The van der Waals surface area contributed by atoms with Crippen LogP contribution < -0.4 is 5.32 Å². The minimum Gasteiger partial charge on any atom is -0.453 e. The highest BCUT2D eigenvalue weighted by atomic mass is 16.5. The standard InChI is InChI=1S/C14H25NO3/c1-4-6-7-10(5-2)13(16)12(11-8-9-11)15-14(17)18-3/h10-12H,4-9H2,1-3H3,(H,15,17)/t10?,12-/m0/s1. The summed E-state index contributed by atoms with van der Waals surface area (Å²) < 4.78 is 4.60. The molecule has 1 unspecified atom stereocenters. The fourth-order valence-corrected chi connectivity index (χ4v) is 2.29. The first-order valence-electron chi connectivity index (χ1n) is 7.02. The van der Waals surface area contributed by atoms with Crippen molar-refractivity contribution in [2.45, 2.75) is 58.4 Å². The first-order valence-corrected chi connectivity index (χ1v) is 7.02. The SMILES string of the molecule is CCCCC(CC)C(=O)[C@@H](NC(=O)OC)C1CC1. The van der Waals surface area contributed by atoms with Crippen molar-refractivity contribution >= 4 is 11.9 Å². The van der Waals surface area contributed by atoms with Crippen molar-refractivity contribution in [3.63, 3.8) is 0 Å². The Morgan fingerprint density at radius 2 is 2.00 bits per heavy atom. The highest BCUT2D eigenvalue weighted by molar-refractivity contribution is 5.89. The van der Waals surface area contributed by atoms with E-state index in [1.165, 1.54) is 7.11 Å². The van der Waals surface area contributed by atoms with Crippen molar-refractivity contribution in [2.24, 2.45) is 11.8 Å². The fraction of sp³-hybridized carbons (Fsp3) is 0.857. The number of hydrogen-bond donors (Lipinski definition) is 1. The molecule has 0 bridgehead atoms. The summed E-state index contributed by atoms with van der Waals surface area (Å²) in [6, 6.07) is -0.334. The van der Waals surface area contributed by atoms with Crippen LogP contribution in [-0.2, 0) is 9.53 Å². The number of methoxy groups -OCH3 is 1. The van der Waals surface area contributed by atoms with Crippen molar-refractivity contribution in [3.05, 3.63) is 0 Å². The number of hydrogen-bond acceptors (Lipinski definition) is 3. The van der Waals surface area contributed by atoms with Gasteiger partial charge in [-0.3, -0.25) is 4.79 Å². The molecule has 1 amide bonds. The first-order chi connectivity index (χ1) is 8.63. The molecule has 2 atom stereocenters. The molecule has 1 rings (SSSR count). The Balaban J connectivity index is 2.59. The second kappa shape index (κ2) is 7.39. The highest BCUT2D eigenvalue weighted by Crippen LogP contribution is 2.35. The Labute approximate surface area is 109 Å². The van der Waals surface area contributed by atoms with Gasteiger partial charge in [-0.2, -0.15) is 0 Å². The van der Waals surface area contributed by atoms with E-state index in [1.807, 2.05) is 6.92 Å². The molecule has 1 fully saturated rings. The molecule has 1 aliphatic rings. The smallest absolute Gasteiger partial charge is 0.407 e. The molecule has 18 heavy (non-hydrogen) atoms. The van der Waals surface area contributed by atoms with Crippen molar-refractivity contribution in [2.75, 3.05) is 7.11 Å². The molecule has 0 aromatic carbocycles. The number of alkyl carbamates (subject to hydrolysis) is 1. The zero-order valence-corrected chi connectivity index (χ0v) is 11.7. The van der Waals surface area contributed by atoms with Gasteiger partial charge in [0.15, 0.2) is 5.78 Å². The zero-order chi connectivity index (χ0) is 13.5. The molecule has 0 aromatic rings. The lowest BCUT2D eigenvalue weighted by atomic mass is 9.89. The number of nitrogens with one attached hydrogen (secondary N) is 1. The summed E-state index contributed by atoms with van der Waals surface area (Å²) in [4.78, 5) is 23.7. The maximum absolute atomic E-state index is 12.4. The molecular weight excluding hydrogens is 230 g/mol. The van der Waals surface area contributed by atoms with Crippen molar-refractivity contribution in [3.8, 4) is 0 Å². The lowest BCUT2D eigenvalue weighted by molar-refractivity contribution is -0.125. The molecule has 1 aliphatic carbocycles. The summed E-state index contributed by atoms with van der Waals surface area (Å²) in [5.74, 6) is 0.596. The van der Waals surface area contributed by atoms with E-state index in [1.54, 1.807) is 0 Å². The van der Waals surface area contributed by atoms with Crippen molar-refractivity contribution in [1.29, 1.82) is 0 Å². The number of amides is 1. The Bertz CT molecular complexity index is 287. The van der Waals surface area contributed by atoms with E-state index in [0.29, 0.717) is 5.92 Å². The lowest BCUT2D eigenvalue weighted by Gasteiger charge is -2.22. The first kappa shape index (κ1) is 15.0. The second-order valence-corrected chi connectivity index (χ2v) is 5.10. The number of carbonyl (C=O) groups excluding carboxylic acids is 2. The molecule has 4 heteroatoms. The van der Waals surface area contributed by atoms with Crippen LogP contribution in [0.5, 0.6) is 0 Å². The number of rotatable bonds is 8. The quantitative estimate of drug-likeness (QED) is 0.725. The van der Waals surface area contributed by atoms with Crippen LogP contribution in [0.4, 0.5) is 4.79 Å². The van der Waals surface area contributed by atoms with Gasteiger partial charge in [0.1, 0.15) is 0 Å². The highest BCUT2D eigenvalue weighted by Gasteiger charge is 2.39. The maximum Gasteiger partial charge on any atom is 0.407 e. The number of ketones is 1. The van der Waals surface area contributed by atoms with Crippen LogP contribution in [0, 0.1) is 11.8 Å². The third-order valence-corrected chi connectivity index (χ3v) is 3.66. The van der Waals surface area contributed by atoms with E-state index in [4.69, 9.17) is 0 Å². The average molecular weight is 255 g/mol. The van der Waals surface area contributed by atoms with Crippen LogP contribution >= 0.6 is 0 Å². The van der Waals surface area contributed by atoms with E-state index >= 15 is 0 Å². The number of unbranched alkanes of at least 4 members (excludes halogenated alkanes) is 1. The average Bonchev–Trinajstić information content (AvgIpc) is 3.20. The van der Waals surface area contributed by atoms with Crippen LogP contribution in [0.25, 0.3) is 0 Å². The Morgan fingerprint density at radius 3 is 2.44 bits per heavy atom. The maximum atomic E-state index is 12.4. The summed E-state index contributed by atoms with van der Waals surface area (Å²) in [6.07, 6.45) is 5.52. The molecule has 104 valence electrons. The van der Waals surface area contributed by atoms with Gasteiger partial charge in [-0.15, -0.1) is 0 Å². The number of ether oxygens (including phenoxy) is 1. The molecule has 0 aromatic heterocycles. The Hall–Kier alpha value is -1.06. The predicted molar refractivity (Wildman–Crippen MR) is 70.4 cm³/mol. The number of Topliss-reactive ketones (excluding diaryl/α,β-unsaturated/α-hetero) is 1. The predicted octanol–water partition coefficient (Wildman–Crippen LogP) is 2.91. The molecule has 4 nitrogen and oxygen atoms in total. The zero-order valence-electron chi connectivity index (χ0n) is 11.7. The Kier molecular flexibility index (Phi) is 6.16. The molecule has 0 heterocycles. The van der Waals surface area contributed by atoms with E-state index in [-0.39, 0.29) is 17.7 Å². The third-order valence-electron chi connectivity index (χ3n) is 3.66. The van der Waals surface area contributed by atoms with Gasteiger partial charge in [-0.25, -0.2) is 4.79 Å². The fourth-order valence-electron chi connectivity index (χ4n) is 2.29. The summed E-state index contributed by atoms with van der Waals surface area (Å²) in [5, 5.41) is 2.71. The number of carbonyl (C=O) groups is 2. The van der Waals surface area contributed by atoms with Gasteiger partial charge in [-0.05, 0) is 31.6 Å². The van der Waals surface area contributed by atoms with Crippen LogP contribution in [0.15, 0.2) is 0 Å². The molecule has 1 N–H and O–H groups in total. The molecule has 0 saturated heterocycles. The molecule has 0 radical (unpaired) electrons. The monoisotopic (exact) mass is 255 g/mol. The summed E-state index contributed by atoms with van der Waals surface area (Å²) in [5.41, 5.74) is 0. The van der Waals surface area contributed by atoms with Gasteiger partial charge >= 0.3 is 6.09 Å². The normalized spacial score (nSPS) is 17.9. The molecule has 1 saturated carbocycles. The second-order valence-electron chi connectivity index (χ2n) is 5.10. The minimum absolute atomic E-state index is 0.0766. The summed E-state index contributed by atoms with van der Waals surface area (Å²) in [6.45, 7) is 4.17. The minimum atomic E-state index is -0.495. The Morgan fingerprint density at radius 1 is 1.33 bits per heavy atom. The van der Waals surface area contributed by atoms with Crippen LogP contribution in [-0.4, -0.2) is 25.0 Å². The van der Waals surface area contributed by atoms with Gasteiger partial charge in [0.25, 0.3) is 0 Å². The van der Waals surface area contributed by atoms with Crippen molar-refractivity contribution < 1.29 is 14.3 Å². The van der Waals surface area contributed by atoms with Crippen molar-refractivity contribution in [1.82, 2.24) is 5.32 Å². The van der Waals surface area contributed by atoms with Gasteiger partial charge in [0, 0.05) is 5.92 Å². The van der Waals surface area contributed by atoms with Gasteiger partial charge in [0.2, 0.25) is 0 Å². The van der Waals surface area contributed by atoms with Crippen LogP contribution in [0.3, 0.4) is 0 Å². The van der Waals surface area contributed by atoms with E-state index in [0.717, 1.165) is 38.5 Å². The van der Waals surface area contributed by atoms with Crippen LogP contribution in [0.2, 0.25) is 0 Å². The van der Waals surface area contributed by atoms with E-state index < -0.39 is 6.09 Å². The van der Waals surface area contributed by atoms with E-state index in [9.17, 15) is 9.59 Å². The summed E-state index contributed by atoms with van der Waals surface area (Å²) in [7, 11) is 1.33. The van der Waals surface area contributed by atoms with Gasteiger partial charge in [-0.1, -0.05) is 26.7 Å². The van der Waals surface area contributed by atoms with Crippen LogP contribution in [0.1, 0.15) is 52.4 Å². The summed E-state index contributed by atoms with van der Waals surface area (Å²) >= 11 is 0. The largest absolute Gasteiger partial charge is 0.453 e. The van der Waals surface area contributed by atoms with Gasteiger partial charge < -0.3 is 10.1 Å². The molecular formula is C14H25NO3. The topological polar surface area (TPSA) is 55.4 Å². The molecule has 0 aliphatic heterocycles. The molecule has 0 spiro atoms. The van der Waals surface area contributed by atoms with Gasteiger partial charge in [0.05, 0.1) is 13.2 Å².